The van der Waals surface area contributed by atoms with E-state index in [9.17, 15) is 14.9 Å². The summed E-state index contributed by atoms with van der Waals surface area (Å²) in [4.78, 5) is 23.5. The van der Waals surface area contributed by atoms with E-state index in [-0.39, 0.29) is 11.5 Å². The van der Waals surface area contributed by atoms with Crippen LogP contribution in [-0.4, -0.2) is 24.3 Å². The van der Waals surface area contributed by atoms with Crippen molar-refractivity contribution in [2.75, 3.05) is 18.5 Å². The van der Waals surface area contributed by atoms with Crippen LogP contribution in [0.2, 0.25) is 0 Å². The highest BCUT2D eigenvalue weighted by Gasteiger charge is 2.18. The summed E-state index contributed by atoms with van der Waals surface area (Å²) in [6.07, 6.45) is 0.905. The lowest BCUT2D eigenvalue weighted by Gasteiger charge is -2.18. The molecule has 0 unspecified atom stereocenters. The third-order valence-corrected chi connectivity index (χ3v) is 2.55. The van der Waals surface area contributed by atoms with E-state index in [1.165, 1.54) is 13.0 Å². The van der Waals surface area contributed by atoms with E-state index in [1.54, 1.807) is 19.2 Å². The standard InChI is InChI=1S/C12H16N2O3/c1-4-7-13(3)11-6-5-10(9(2)15)8-12(11)14(16)17/h5-6,8H,4,7H2,1-3H3. The molecule has 1 rings (SSSR count). The number of hydrogen-bond donors (Lipinski definition) is 0. The number of benzene rings is 1. The van der Waals surface area contributed by atoms with Gasteiger partial charge in [0, 0.05) is 25.2 Å². The summed E-state index contributed by atoms with van der Waals surface area (Å²) in [7, 11) is 1.80. The summed E-state index contributed by atoms with van der Waals surface area (Å²) >= 11 is 0. The van der Waals surface area contributed by atoms with Crippen molar-refractivity contribution in [2.45, 2.75) is 20.3 Å². The minimum absolute atomic E-state index is 0.0198. The Kier molecular flexibility index (Phi) is 4.20. The van der Waals surface area contributed by atoms with Crippen molar-refractivity contribution in [1.82, 2.24) is 0 Å². The molecule has 0 bridgehead atoms. The zero-order chi connectivity index (χ0) is 13.0. The van der Waals surface area contributed by atoms with E-state index in [0.717, 1.165) is 13.0 Å². The second-order valence-electron chi connectivity index (χ2n) is 3.94. The fraction of sp³-hybridized carbons (Fsp3) is 0.417. The first-order valence-corrected chi connectivity index (χ1v) is 5.48. The second kappa shape index (κ2) is 5.43. The van der Waals surface area contributed by atoms with Crippen LogP contribution >= 0.6 is 0 Å². The van der Waals surface area contributed by atoms with Crippen LogP contribution in [0.25, 0.3) is 0 Å². The maximum Gasteiger partial charge on any atom is 0.293 e. The van der Waals surface area contributed by atoms with Gasteiger partial charge in [0.1, 0.15) is 5.69 Å². The maximum absolute atomic E-state index is 11.2. The number of anilines is 1. The minimum atomic E-state index is -0.450. The fourth-order valence-corrected chi connectivity index (χ4v) is 1.67. The van der Waals surface area contributed by atoms with E-state index in [4.69, 9.17) is 0 Å². The number of ketones is 1. The van der Waals surface area contributed by atoms with Crippen molar-refractivity contribution in [1.29, 1.82) is 0 Å². The minimum Gasteiger partial charge on any atom is -0.369 e. The van der Waals surface area contributed by atoms with Crippen molar-refractivity contribution in [3.63, 3.8) is 0 Å². The molecular weight excluding hydrogens is 220 g/mol. The monoisotopic (exact) mass is 236 g/mol. The lowest BCUT2D eigenvalue weighted by atomic mass is 10.1. The molecule has 0 atom stereocenters. The number of carbonyl (C=O) groups excluding carboxylic acids is 1. The highest BCUT2D eigenvalue weighted by molar-refractivity contribution is 5.95. The number of rotatable bonds is 5. The Hall–Kier alpha value is -1.91. The average molecular weight is 236 g/mol. The predicted molar refractivity (Wildman–Crippen MR) is 66.7 cm³/mol. The third kappa shape index (κ3) is 3.03. The normalized spacial score (nSPS) is 10.1. The van der Waals surface area contributed by atoms with Gasteiger partial charge in [-0.3, -0.25) is 14.9 Å². The van der Waals surface area contributed by atoms with Gasteiger partial charge in [-0.15, -0.1) is 0 Å². The first-order valence-electron chi connectivity index (χ1n) is 5.48. The van der Waals surface area contributed by atoms with E-state index in [2.05, 4.69) is 0 Å². The molecule has 0 aliphatic carbocycles. The molecule has 0 N–H and O–H groups in total. The number of nitro benzene ring substituents is 1. The first-order chi connectivity index (χ1) is 7.97. The number of carbonyl (C=O) groups is 1. The molecule has 1 aromatic carbocycles. The van der Waals surface area contributed by atoms with E-state index < -0.39 is 4.92 Å². The summed E-state index contributed by atoms with van der Waals surface area (Å²) in [6, 6.07) is 4.59. The smallest absolute Gasteiger partial charge is 0.293 e. The Morgan fingerprint density at radius 3 is 2.59 bits per heavy atom. The number of Topliss-reactive ketones (excluding diaryl/α,β-unsaturated/α-hetero) is 1. The molecule has 0 aromatic heterocycles. The van der Waals surface area contributed by atoms with Gasteiger partial charge < -0.3 is 4.90 Å². The van der Waals surface area contributed by atoms with Crippen molar-refractivity contribution in [3.05, 3.63) is 33.9 Å². The molecule has 5 nitrogen and oxygen atoms in total. The van der Waals surface area contributed by atoms with Crippen molar-refractivity contribution >= 4 is 17.2 Å². The number of nitrogens with zero attached hydrogens (tertiary/aromatic N) is 2. The summed E-state index contributed by atoms with van der Waals surface area (Å²) in [5.74, 6) is -0.169. The van der Waals surface area contributed by atoms with Crippen molar-refractivity contribution in [2.24, 2.45) is 0 Å². The van der Waals surface area contributed by atoms with E-state index >= 15 is 0 Å². The summed E-state index contributed by atoms with van der Waals surface area (Å²) in [5, 5.41) is 11.0. The molecule has 0 spiro atoms. The Morgan fingerprint density at radius 1 is 1.47 bits per heavy atom. The zero-order valence-electron chi connectivity index (χ0n) is 10.3. The van der Waals surface area contributed by atoms with Crippen molar-refractivity contribution < 1.29 is 9.72 Å². The maximum atomic E-state index is 11.2. The lowest BCUT2D eigenvalue weighted by Crippen LogP contribution is -2.19. The predicted octanol–water partition coefficient (Wildman–Crippen LogP) is 2.64. The molecule has 0 aliphatic rings. The molecule has 0 aliphatic heterocycles. The topological polar surface area (TPSA) is 63.5 Å². The van der Waals surface area contributed by atoms with Gasteiger partial charge in [-0.1, -0.05) is 6.92 Å². The first kappa shape index (κ1) is 13.2. The van der Waals surface area contributed by atoms with Crippen LogP contribution in [0.5, 0.6) is 0 Å². The molecule has 0 heterocycles. The van der Waals surface area contributed by atoms with Crippen LogP contribution < -0.4 is 4.90 Å². The molecule has 0 saturated carbocycles. The average Bonchev–Trinajstić information content (AvgIpc) is 2.28. The molecule has 0 radical (unpaired) electrons. The van der Waals surface area contributed by atoms with Crippen LogP contribution in [-0.2, 0) is 0 Å². The molecule has 0 saturated heterocycles. The lowest BCUT2D eigenvalue weighted by molar-refractivity contribution is -0.384. The van der Waals surface area contributed by atoms with Crippen LogP contribution in [0.3, 0.4) is 0 Å². The van der Waals surface area contributed by atoms with E-state index in [1.807, 2.05) is 11.8 Å². The van der Waals surface area contributed by atoms with Crippen LogP contribution in [0.4, 0.5) is 11.4 Å². The third-order valence-electron chi connectivity index (χ3n) is 2.55. The van der Waals surface area contributed by atoms with Gasteiger partial charge in [0.2, 0.25) is 0 Å². The molecular formula is C12H16N2O3. The fourth-order valence-electron chi connectivity index (χ4n) is 1.67. The largest absolute Gasteiger partial charge is 0.369 e. The highest BCUT2D eigenvalue weighted by Crippen LogP contribution is 2.28. The second-order valence-corrected chi connectivity index (χ2v) is 3.94. The van der Waals surface area contributed by atoms with Crippen LogP contribution in [0.15, 0.2) is 18.2 Å². The molecule has 5 heteroatoms. The zero-order valence-corrected chi connectivity index (χ0v) is 10.3. The van der Waals surface area contributed by atoms with Gasteiger partial charge in [-0.25, -0.2) is 0 Å². The quantitative estimate of drug-likeness (QED) is 0.448. The SMILES string of the molecule is CCCN(C)c1ccc(C(C)=O)cc1[N+](=O)[O-]. The Morgan fingerprint density at radius 2 is 2.12 bits per heavy atom. The number of nitro groups is 1. The summed E-state index contributed by atoms with van der Waals surface area (Å²) < 4.78 is 0. The van der Waals surface area contributed by atoms with E-state index in [0.29, 0.717) is 11.3 Å². The Labute approximate surface area is 100 Å². The van der Waals surface area contributed by atoms with Gasteiger partial charge in [-0.2, -0.15) is 0 Å². The Balaban J connectivity index is 3.22. The van der Waals surface area contributed by atoms with Crippen molar-refractivity contribution in [3.8, 4) is 0 Å². The summed E-state index contributed by atoms with van der Waals surface area (Å²) in [5.41, 5.74) is 0.890. The van der Waals surface area contributed by atoms with Gasteiger partial charge in [-0.05, 0) is 25.5 Å². The van der Waals surface area contributed by atoms with Gasteiger partial charge in [0.25, 0.3) is 5.69 Å². The molecule has 92 valence electrons. The van der Waals surface area contributed by atoms with Crippen LogP contribution in [0, 0.1) is 10.1 Å². The highest BCUT2D eigenvalue weighted by atomic mass is 16.6. The molecule has 1 aromatic rings. The van der Waals surface area contributed by atoms with Crippen LogP contribution in [0.1, 0.15) is 30.6 Å². The Bertz CT molecular complexity index is 443. The molecule has 17 heavy (non-hydrogen) atoms. The molecule has 0 fully saturated rings. The van der Waals surface area contributed by atoms with Gasteiger partial charge in [0.15, 0.2) is 5.78 Å². The number of hydrogen-bond acceptors (Lipinski definition) is 4. The van der Waals surface area contributed by atoms with Gasteiger partial charge in [0.05, 0.1) is 4.92 Å². The molecule has 0 amide bonds. The van der Waals surface area contributed by atoms with Gasteiger partial charge >= 0.3 is 0 Å². The summed E-state index contributed by atoms with van der Waals surface area (Å²) in [6.45, 7) is 4.14.